The van der Waals surface area contributed by atoms with Crippen molar-refractivity contribution < 1.29 is 41.7 Å². The second-order valence-electron chi connectivity index (χ2n) is 5.29. The molecular weight excluding hydrogens is 364 g/mol. The molecule has 0 aromatic carbocycles. The summed E-state index contributed by atoms with van der Waals surface area (Å²) in [5, 5.41) is 0. The summed E-state index contributed by atoms with van der Waals surface area (Å²) in [6.45, 7) is 0.700. The Hall–Kier alpha value is 0.140. The summed E-state index contributed by atoms with van der Waals surface area (Å²) in [6.07, 6.45) is 2.14. The van der Waals surface area contributed by atoms with Crippen LogP contribution in [0, 0.1) is 0 Å². The first-order valence-corrected chi connectivity index (χ1v) is 10.8. The van der Waals surface area contributed by atoms with Gasteiger partial charge in [0, 0.05) is 20.1 Å². The molecule has 1 fully saturated rings. The van der Waals surface area contributed by atoms with Crippen molar-refractivity contribution in [2.45, 2.75) is 44.3 Å². The molecule has 0 radical (unpaired) electrons. The fourth-order valence-electron chi connectivity index (χ4n) is 2.10. The van der Waals surface area contributed by atoms with Gasteiger partial charge < -0.3 is 20.3 Å². The van der Waals surface area contributed by atoms with Crippen LogP contribution in [0.2, 0.25) is 0 Å². The van der Waals surface area contributed by atoms with Crippen LogP contribution in [0.1, 0.15) is 32.1 Å². The molecule has 144 valence electrons. The van der Waals surface area contributed by atoms with Crippen LogP contribution >= 0.6 is 15.6 Å². The van der Waals surface area contributed by atoms with Crippen molar-refractivity contribution in [1.82, 2.24) is 0 Å². The zero-order valence-electron chi connectivity index (χ0n) is 13.7. The van der Waals surface area contributed by atoms with E-state index in [1.54, 1.807) is 0 Å². The molecule has 3 unspecified atom stereocenters. The van der Waals surface area contributed by atoms with E-state index < -0.39 is 27.9 Å². The largest absolute Gasteiger partial charge is 0.472 e. The number of hydrogen-bond acceptors (Lipinski definition) is 8. The van der Waals surface area contributed by atoms with Crippen LogP contribution in [0.25, 0.3) is 0 Å². The van der Waals surface area contributed by atoms with Gasteiger partial charge in [0.1, 0.15) is 12.2 Å². The van der Waals surface area contributed by atoms with Gasteiger partial charge in [-0.25, -0.2) is 9.13 Å². The minimum atomic E-state index is -4.21. The highest BCUT2D eigenvalue weighted by atomic mass is 31.2. The smallest absolute Gasteiger partial charge is 0.373 e. The van der Waals surface area contributed by atoms with E-state index in [-0.39, 0.29) is 19.8 Å². The van der Waals surface area contributed by atoms with Crippen LogP contribution in [0.4, 0.5) is 0 Å². The lowest BCUT2D eigenvalue weighted by molar-refractivity contribution is -0.00151. The molecule has 0 aromatic heterocycles. The summed E-state index contributed by atoms with van der Waals surface area (Å²) in [4.78, 5) is 18.9. The highest BCUT2D eigenvalue weighted by Crippen LogP contribution is 2.47. The van der Waals surface area contributed by atoms with Gasteiger partial charge in [-0.2, -0.15) is 0 Å². The molecule has 10 nitrogen and oxygen atoms in total. The topological polar surface area (TPSA) is 147 Å². The fraction of sp³-hybridized carbons (Fsp3) is 1.00. The number of phosphoric ester groups is 2. The minimum Gasteiger partial charge on any atom is -0.373 e. The Morgan fingerprint density at radius 3 is 2.50 bits per heavy atom. The maximum atomic E-state index is 11.8. The van der Waals surface area contributed by atoms with Crippen molar-refractivity contribution in [3.05, 3.63) is 0 Å². The normalized spacial score (nSPS) is 26.2. The van der Waals surface area contributed by atoms with E-state index in [1.807, 2.05) is 0 Å². The van der Waals surface area contributed by atoms with Gasteiger partial charge >= 0.3 is 15.6 Å². The quantitative estimate of drug-likeness (QED) is 0.312. The van der Waals surface area contributed by atoms with E-state index in [0.29, 0.717) is 19.4 Å². The standard InChI is InChI=1S/C12H27NO9P2/c1-18-23(14,15)22-11-6-9-19-12(11)10-21-24(16,17)20-8-5-3-2-4-7-13/h11-12H,2-10,13H2,1H3,(H,14,15)(H,16,17)/t11?,12-/m1/s1. The molecule has 1 aliphatic rings. The van der Waals surface area contributed by atoms with Crippen LogP contribution in [-0.2, 0) is 32.0 Å². The highest BCUT2D eigenvalue weighted by molar-refractivity contribution is 7.47. The molecule has 1 rings (SSSR count). The third-order valence-corrected chi connectivity index (χ3v) is 5.39. The molecule has 0 amide bonds. The van der Waals surface area contributed by atoms with Gasteiger partial charge in [-0.1, -0.05) is 12.8 Å². The zero-order valence-corrected chi connectivity index (χ0v) is 15.5. The number of rotatable bonds is 13. The summed E-state index contributed by atoms with van der Waals surface area (Å²) < 4.78 is 47.5. The van der Waals surface area contributed by atoms with E-state index in [2.05, 4.69) is 4.52 Å². The van der Waals surface area contributed by atoms with Crippen LogP contribution in [-0.4, -0.2) is 55.5 Å². The summed E-state index contributed by atoms with van der Waals surface area (Å²) in [5.74, 6) is 0. The molecule has 0 saturated carbocycles. The molecule has 1 saturated heterocycles. The Balaban J connectivity index is 2.29. The average Bonchev–Trinajstić information content (AvgIpc) is 2.95. The Bertz CT molecular complexity index is 450. The monoisotopic (exact) mass is 391 g/mol. The molecule has 0 aliphatic carbocycles. The SMILES string of the molecule is COP(=O)(O)OC1CCO[C@@H]1COP(=O)(O)OCCCCCCN. The molecule has 1 aliphatic heterocycles. The predicted molar refractivity (Wildman–Crippen MR) is 85.3 cm³/mol. The molecule has 4 N–H and O–H groups in total. The molecular formula is C12H27NO9P2. The first kappa shape index (κ1) is 22.2. The second-order valence-corrected chi connectivity index (χ2v) is 8.26. The number of phosphoric acid groups is 2. The second kappa shape index (κ2) is 11.0. The van der Waals surface area contributed by atoms with Crippen molar-refractivity contribution in [3.63, 3.8) is 0 Å². The van der Waals surface area contributed by atoms with Crippen molar-refractivity contribution >= 4 is 15.6 Å². The van der Waals surface area contributed by atoms with E-state index in [9.17, 15) is 18.9 Å². The van der Waals surface area contributed by atoms with Crippen molar-refractivity contribution in [1.29, 1.82) is 0 Å². The summed E-state index contributed by atoms with van der Waals surface area (Å²) >= 11 is 0. The van der Waals surface area contributed by atoms with Gasteiger partial charge in [0.2, 0.25) is 0 Å². The molecule has 0 bridgehead atoms. The number of nitrogens with two attached hydrogens (primary N) is 1. The van der Waals surface area contributed by atoms with Crippen LogP contribution in [0.15, 0.2) is 0 Å². The van der Waals surface area contributed by atoms with Crippen molar-refractivity contribution in [2.24, 2.45) is 5.73 Å². The van der Waals surface area contributed by atoms with Gasteiger partial charge in [0.15, 0.2) is 0 Å². The Morgan fingerprint density at radius 2 is 1.83 bits per heavy atom. The first-order valence-electron chi connectivity index (χ1n) is 7.80. The summed E-state index contributed by atoms with van der Waals surface area (Å²) in [6, 6.07) is 0. The van der Waals surface area contributed by atoms with Crippen molar-refractivity contribution in [2.75, 3.05) is 33.5 Å². The van der Waals surface area contributed by atoms with Gasteiger partial charge in [-0.3, -0.25) is 18.1 Å². The lowest BCUT2D eigenvalue weighted by Gasteiger charge is -2.21. The van der Waals surface area contributed by atoms with Crippen molar-refractivity contribution in [3.8, 4) is 0 Å². The van der Waals surface area contributed by atoms with E-state index in [4.69, 9.17) is 24.0 Å². The predicted octanol–water partition coefficient (Wildman–Crippen LogP) is 1.56. The molecule has 1 heterocycles. The maximum Gasteiger partial charge on any atom is 0.472 e. The fourth-order valence-corrected chi connectivity index (χ4v) is 3.54. The Morgan fingerprint density at radius 1 is 1.12 bits per heavy atom. The number of hydrogen-bond donors (Lipinski definition) is 3. The van der Waals surface area contributed by atoms with E-state index >= 15 is 0 Å². The number of ether oxygens (including phenoxy) is 1. The third kappa shape index (κ3) is 9.01. The molecule has 0 aromatic rings. The Kier molecular flexibility index (Phi) is 10.1. The molecule has 12 heteroatoms. The average molecular weight is 391 g/mol. The third-order valence-electron chi connectivity index (χ3n) is 3.40. The Labute approximate surface area is 141 Å². The van der Waals surface area contributed by atoms with Gasteiger partial charge in [0.05, 0.1) is 13.2 Å². The lowest BCUT2D eigenvalue weighted by atomic mass is 10.2. The number of unbranched alkanes of at least 4 members (excludes halogenated alkanes) is 3. The van der Waals surface area contributed by atoms with Crippen LogP contribution in [0.5, 0.6) is 0 Å². The maximum absolute atomic E-state index is 11.8. The van der Waals surface area contributed by atoms with Gasteiger partial charge in [-0.05, 0) is 19.4 Å². The van der Waals surface area contributed by atoms with Gasteiger partial charge in [0.25, 0.3) is 0 Å². The molecule has 4 atom stereocenters. The van der Waals surface area contributed by atoms with Gasteiger partial charge in [-0.15, -0.1) is 0 Å². The lowest BCUT2D eigenvalue weighted by Crippen LogP contribution is -2.28. The molecule has 0 spiro atoms. The highest BCUT2D eigenvalue weighted by Gasteiger charge is 2.37. The van der Waals surface area contributed by atoms with Crippen LogP contribution < -0.4 is 5.73 Å². The minimum absolute atomic E-state index is 0.0965. The van der Waals surface area contributed by atoms with E-state index in [0.717, 1.165) is 26.4 Å². The molecule has 24 heavy (non-hydrogen) atoms. The van der Waals surface area contributed by atoms with E-state index in [1.165, 1.54) is 0 Å². The zero-order chi connectivity index (χ0) is 18.1. The summed E-state index contributed by atoms with van der Waals surface area (Å²) in [5.41, 5.74) is 5.37. The van der Waals surface area contributed by atoms with Crippen LogP contribution in [0.3, 0.4) is 0 Å². The summed E-state index contributed by atoms with van der Waals surface area (Å²) in [7, 11) is -7.32. The first-order chi connectivity index (χ1) is 11.3.